The second-order valence-electron chi connectivity index (χ2n) is 5.71. The van der Waals surface area contributed by atoms with E-state index in [-0.39, 0.29) is 12.0 Å². The molecule has 2 heterocycles. The molecule has 5 heteroatoms. The van der Waals surface area contributed by atoms with Crippen molar-refractivity contribution >= 4 is 5.97 Å². The van der Waals surface area contributed by atoms with Gasteiger partial charge in [-0.2, -0.15) is 0 Å². The maximum absolute atomic E-state index is 12.2. The van der Waals surface area contributed by atoms with E-state index >= 15 is 0 Å². The standard InChI is InChI=1S/C16H18N2O3/c1-16(2)14(18-10-17-8-11(18)9-20-3)12-6-4-5-7-13(12)15(19)21-16/h4-8,10,14H,9H2,1-3H3. The second kappa shape index (κ2) is 5.00. The number of aromatic nitrogens is 2. The Morgan fingerprint density at radius 2 is 2.14 bits per heavy atom. The van der Waals surface area contributed by atoms with Gasteiger partial charge in [-0.3, -0.25) is 0 Å². The SMILES string of the molecule is COCc1cncn1C1c2ccccc2C(=O)OC1(C)C. The van der Waals surface area contributed by atoms with Crippen LogP contribution in [0.25, 0.3) is 0 Å². The lowest BCUT2D eigenvalue weighted by molar-refractivity contribution is -0.0271. The molecule has 0 spiro atoms. The Morgan fingerprint density at radius 3 is 2.90 bits per heavy atom. The highest BCUT2D eigenvalue weighted by molar-refractivity contribution is 5.93. The van der Waals surface area contributed by atoms with Gasteiger partial charge in [-0.25, -0.2) is 9.78 Å². The fourth-order valence-corrected chi connectivity index (χ4v) is 2.95. The molecule has 0 saturated heterocycles. The highest BCUT2D eigenvalue weighted by Gasteiger charge is 2.43. The summed E-state index contributed by atoms with van der Waals surface area (Å²) >= 11 is 0. The second-order valence-corrected chi connectivity index (χ2v) is 5.71. The van der Waals surface area contributed by atoms with E-state index in [0.717, 1.165) is 11.3 Å². The van der Waals surface area contributed by atoms with Crippen molar-refractivity contribution in [3.05, 3.63) is 53.6 Å². The van der Waals surface area contributed by atoms with Gasteiger partial charge >= 0.3 is 5.97 Å². The summed E-state index contributed by atoms with van der Waals surface area (Å²) < 4.78 is 12.9. The van der Waals surface area contributed by atoms with Crippen LogP contribution in [0.2, 0.25) is 0 Å². The van der Waals surface area contributed by atoms with Crippen LogP contribution in [0, 0.1) is 0 Å². The summed E-state index contributed by atoms with van der Waals surface area (Å²) in [5.41, 5.74) is 1.85. The topological polar surface area (TPSA) is 53.4 Å². The number of esters is 1. The average molecular weight is 286 g/mol. The lowest BCUT2D eigenvalue weighted by atomic mass is 9.85. The number of carbonyl (C=O) groups is 1. The van der Waals surface area contributed by atoms with Gasteiger partial charge in [0.2, 0.25) is 0 Å². The number of methoxy groups -OCH3 is 1. The van der Waals surface area contributed by atoms with E-state index < -0.39 is 5.60 Å². The number of cyclic esters (lactones) is 1. The molecule has 110 valence electrons. The molecule has 1 atom stereocenters. The summed E-state index contributed by atoms with van der Waals surface area (Å²) in [5.74, 6) is -0.278. The Hall–Kier alpha value is -2.14. The predicted octanol–water partition coefficient (Wildman–Crippen LogP) is 2.57. The molecule has 3 rings (SSSR count). The van der Waals surface area contributed by atoms with Crippen molar-refractivity contribution in [3.63, 3.8) is 0 Å². The number of benzene rings is 1. The zero-order chi connectivity index (χ0) is 15.0. The molecule has 1 unspecified atom stereocenters. The first-order chi connectivity index (χ1) is 10.0. The molecule has 1 aliphatic rings. The third-order valence-electron chi connectivity index (χ3n) is 3.81. The molecule has 21 heavy (non-hydrogen) atoms. The van der Waals surface area contributed by atoms with E-state index in [4.69, 9.17) is 9.47 Å². The summed E-state index contributed by atoms with van der Waals surface area (Å²) in [4.78, 5) is 16.4. The summed E-state index contributed by atoms with van der Waals surface area (Å²) in [6.45, 7) is 4.30. The van der Waals surface area contributed by atoms with Crippen LogP contribution in [-0.2, 0) is 16.1 Å². The van der Waals surface area contributed by atoms with Crippen LogP contribution < -0.4 is 0 Å². The van der Waals surface area contributed by atoms with Crippen molar-refractivity contribution in [3.8, 4) is 0 Å². The van der Waals surface area contributed by atoms with Crippen LogP contribution in [0.3, 0.4) is 0 Å². The first kappa shape index (κ1) is 13.8. The number of carbonyl (C=O) groups excluding carboxylic acids is 1. The smallest absolute Gasteiger partial charge is 0.339 e. The number of fused-ring (bicyclic) bond motifs is 1. The largest absolute Gasteiger partial charge is 0.453 e. The van der Waals surface area contributed by atoms with Gasteiger partial charge in [0.15, 0.2) is 0 Å². The number of imidazole rings is 1. The number of hydrogen-bond donors (Lipinski definition) is 0. The molecule has 2 aromatic rings. The summed E-state index contributed by atoms with van der Waals surface area (Å²) in [6.07, 6.45) is 3.54. The first-order valence-electron chi connectivity index (χ1n) is 6.86. The maximum Gasteiger partial charge on any atom is 0.339 e. The molecule has 0 radical (unpaired) electrons. The zero-order valence-corrected chi connectivity index (χ0v) is 12.4. The van der Waals surface area contributed by atoms with Gasteiger partial charge in [-0.05, 0) is 25.5 Å². The van der Waals surface area contributed by atoms with E-state index in [1.54, 1.807) is 25.7 Å². The van der Waals surface area contributed by atoms with Gasteiger partial charge < -0.3 is 14.0 Å². The minimum Gasteiger partial charge on any atom is -0.453 e. The van der Waals surface area contributed by atoms with Crippen molar-refractivity contribution in [2.24, 2.45) is 0 Å². The van der Waals surface area contributed by atoms with Crippen LogP contribution in [-0.4, -0.2) is 28.2 Å². The molecule has 0 fully saturated rings. The van der Waals surface area contributed by atoms with Gasteiger partial charge in [0.05, 0.1) is 36.4 Å². The first-order valence-corrected chi connectivity index (χ1v) is 6.86. The third-order valence-corrected chi connectivity index (χ3v) is 3.81. The fourth-order valence-electron chi connectivity index (χ4n) is 2.95. The van der Waals surface area contributed by atoms with Crippen molar-refractivity contribution in [1.82, 2.24) is 9.55 Å². The molecule has 5 nitrogen and oxygen atoms in total. The van der Waals surface area contributed by atoms with E-state index in [1.807, 2.05) is 36.6 Å². The number of hydrogen-bond acceptors (Lipinski definition) is 4. The Morgan fingerprint density at radius 1 is 1.38 bits per heavy atom. The lowest BCUT2D eigenvalue weighted by Crippen LogP contribution is -2.44. The van der Waals surface area contributed by atoms with Gasteiger partial charge in [-0.1, -0.05) is 18.2 Å². The highest BCUT2D eigenvalue weighted by Crippen LogP contribution is 2.40. The minimum atomic E-state index is -0.658. The highest BCUT2D eigenvalue weighted by atomic mass is 16.6. The number of rotatable bonds is 3. The van der Waals surface area contributed by atoms with E-state index in [1.165, 1.54) is 0 Å². The maximum atomic E-state index is 12.2. The third kappa shape index (κ3) is 2.23. The van der Waals surface area contributed by atoms with Crippen LogP contribution >= 0.6 is 0 Å². The molecule has 0 bridgehead atoms. The van der Waals surface area contributed by atoms with Gasteiger partial charge in [-0.15, -0.1) is 0 Å². The molecular weight excluding hydrogens is 268 g/mol. The molecular formula is C16H18N2O3. The summed E-state index contributed by atoms with van der Waals surface area (Å²) in [6, 6.07) is 7.43. The van der Waals surface area contributed by atoms with E-state index in [0.29, 0.717) is 12.2 Å². The average Bonchev–Trinajstić information content (AvgIpc) is 2.86. The molecule has 0 amide bonds. The van der Waals surface area contributed by atoms with Crippen LogP contribution in [0.5, 0.6) is 0 Å². The van der Waals surface area contributed by atoms with Crippen molar-refractivity contribution in [2.45, 2.75) is 32.1 Å². The van der Waals surface area contributed by atoms with E-state index in [2.05, 4.69) is 4.98 Å². The summed E-state index contributed by atoms with van der Waals surface area (Å²) in [5, 5.41) is 0. The van der Waals surface area contributed by atoms with E-state index in [9.17, 15) is 4.79 Å². The zero-order valence-electron chi connectivity index (χ0n) is 12.4. The van der Waals surface area contributed by atoms with Gasteiger partial charge in [0, 0.05) is 7.11 Å². The lowest BCUT2D eigenvalue weighted by Gasteiger charge is -2.40. The predicted molar refractivity (Wildman–Crippen MR) is 77.0 cm³/mol. The normalized spacial score (nSPS) is 20.0. The van der Waals surface area contributed by atoms with Crippen LogP contribution in [0.15, 0.2) is 36.8 Å². The molecule has 0 aliphatic carbocycles. The molecule has 1 aromatic carbocycles. The Bertz CT molecular complexity index is 676. The van der Waals surface area contributed by atoms with Crippen molar-refractivity contribution < 1.29 is 14.3 Å². The molecule has 0 saturated carbocycles. The molecule has 1 aliphatic heterocycles. The fraction of sp³-hybridized carbons (Fsp3) is 0.375. The molecule has 0 N–H and O–H groups in total. The number of nitrogens with zero attached hydrogens (tertiary/aromatic N) is 2. The summed E-state index contributed by atoms with van der Waals surface area (Å²) in [7, 11) is 1.65. The number of ether oxygens (including phenoxy) is 2. The molecule has 1 aromatic heterocycles. The van der Waals surface area contributed by atoms with Gasteiger partial charge in [0.25, 0.3) is 0 Å². The quantitative estimate of drug-likeness (QED) is 0.814. The minimum absolute atomic E-state index is 0.126. The Balaban J connectivity index is 2.17. The van der Waals surface area contributed by atoms with Crippen LogP contribution in [0.4, 0.5) is 0 Å². The van der Waals surface area contributed by atoms with Crippen molar-refractivity contribution in [2.75, 3.05) is 7.11 Å². The monoisotopic (exact) mass is 286 g/mol. The Labute approximate surface area is 123 Å². The Kier molecular flexibility index (Phi) is 3.29. The van der Waals surface area contributed by atoms with Crippen molar-refractivity contribution in [1.29, 1.82) is 0 Å². The van der Waals surface area contributed by atoms with Gasteiger partial charge in [0.1, 0.15) is 5.60 Å². The van der Waals surface area contributed by atoms with Crippen LogP contribution in [0.1, 0.15) is 41.5 Å².